The van der Waals surface area contributed by atoms with Gasteiger partial charge in [-0.2, -0.15) is 0 Å². The molecule has 0 radical (unpaired) electrons. The molecule has 0 spiro atoms. The summed E-state index contributed by atoms with van der Waals surface area (Å²) < 4.78 is 5.06. The minimum atomic E-state index is 0.500. The first-order valence-electron chi connectivity index (χ1n) is 13.8. The number of nitrogens with zero attached hydrogens (tertiary/aromatic N) is 1. The van der Waals surface area contributed by atoms with E-state index in [2.05, 4.69) is 139 Å². The van der Waals surface area contributed by atoms with Crippen LogP contribution in [0.2, 0.25) is 0 Å². The average molecular weight is 550 g/mol. The van der Waals surface area contributed by atoms with E-state index in [0.717, 1.165) is 6.42 Å². The van der Waals surface area contributed by atoms with E-state index >= 15 is 0 Å². The Labute approximate surface area is 241 Å². The second-order valence-electron chi connectivity index (χ2n) is 10.4. The molecule has 1 aliphatic heterocycles. The smallest absolute Gasteiger partial charge is 0.0555 e. The zero-order valence-electron chi connectivity index (χ0n) is 22.2. The van der Waals surface area contributed by atoms with Gasteiger partial charge >= 0.3 is 0 Å². The van der Waals surface area contributed by atoms with Crippen molar-refractivity contribution in [1.29, 1.82) is 0 Å². The van der Waals surface area contributed by atoms with Gasteiger partial charge < -0.3 is 4.57 Å². The van der Waals surface area contributed by atoms with Gasteiger partial charge in [0.2, 0.25) is 0 Å². The molecule has 2 aromatic heterocycles. The van der Waals surface area contributed by atoms with Crippen molar-refractivity contribution in [2.75, 3.05) is 0 Å². The van der Waals surface area contributed by atoms with Crippen LogP contribution >= 0.6 is 23.1 Å². The van der Waals surface area contributed by atoms with Crippen molar-refractivity contribution in [2.45, 2.75) is 24.2 Å². The Hall–Kier alpha value is -4.05. The molecule has 192 valence electrons. The third-order valence-corrected chi connectivity index (χ3v) is 10.6. The molecule has 0 fully saturated rings. The van der Waals surface area contributed by atoms with Gasteiger partial charge in [-0.15, -0.1) is 11.3 Å². The van der Waals surface area contributed by atoms with Crippen molar-refractivity contribution in [2.24, 2.45) is 0 Å². The van der Waals surface area contributed by atoms with Crippen LogP contribution < -0.4 is 9.75 Å². The van der Waals surface area contributed by atoms with Gasteiger partial charge in [-0.3, -0.25) is 0 Å². The molecule has 0 amide bonds. The lowest BCUT2D eigenvalue weighted by atomic mass is 9.91. The molecule has 0 saturated heterocycles. The second kappa shape index (κ2) is 9.55. The van der Waals surface area contributed by atoms with Crippen LogP contribution in [-0.2, 0) is 0 Å². The number of aromatic nitrogens is 1. The molecule has 4 aromatic carbocycles. The number of thiophene rings is 1. The van der Waals surface area contributed by atoms with E-state index in [9.17, 15) is 0 Å². The first-order valence-corrected chi connectivity index (χ1v) is 15.5. The number of rotatable bonds is 3. The molecule has 8 rings (SSSR count). The molecule has 0 N–H and O–H groups in total. The number of fused-ring (bicyclic) bond motifs is 7. The van der Waals surface area contributed by atoms with E-state index in [-0.39, 0.29) is 0 Å². The molecule has 6 aromatic rings. The maximum absolute atomic E-state index is 2.46. The number of allylic oxidation sites excluding steroid dienone is 6. The Morgan fingerprint density at radius 2 is 1.62 bits per heavy atom. The van der Waals surface area contributed by atoms with Gasteiger partial charge in [0.15, 0.2) is 0 Å². The number of hydrogen-bond donors (Lipinski definition) is 0. The molecule has 0 bridgehead atoms. The molecule has 3 heteroatoms. The minimum absolute atomic E-state index is 0.500. The van der Waals surface area contributed by atoms with Crippen LogP contribution in [0.4, 0.5) is 0 Å². The van der Waals surface area contributed by atoms with Gasteiger partial charge in [-0.1, -0.05) is 103 Å². The summed E-state index contributed by atoms with van der Waals surface area (Å²) in [5.74, 6) is 0.500. The van der Waals surface area contributed by atoms with Crippen molar-refractivity contribution in [3.8, 4) is 5.69 Å². The molecular formula is C37H27NS2. The number of para-hydroxylation sites is 2. The van der Waals surface area contributed by atoms with Gasteiger partial charge in [0, 0.05) is 41.4 Å². The number of benzene rings is 4. The van der Waals surface area contributed by atoms with Crippen LogP contribution in [0, 0.1) is 0 Å². The third kappa shape index (κ3) is 3.62. The summed E-state index contributed by atoms with van der Waals surface area (Å²) >= 11 is 3.84. The highest BCUT2D eigenvalue weighted by Gasteiger charge is 2.29. The molecule has 2 aliphatic rings. The van der Waals surface area contributed by atoms with Crippen LogP contribution in [0.15, 0.2) is 125 Å². The largest absolute Gasteiger partial charge is 0.309 e. The fraction of sp³-hybridized carbons (Fsp3) is 0.0811. The van der Waals surface area contributed by atoms with E-state index in [1.54, 1.807) is 0 Å². The molecule has 0 saturated carbocycles. The van der Waals surface area contributed by atoms with Crippen LogP contribution in [0.5, 0.6) is 0 Å². The van der Waals surface area contributed by atoms with E-state index in [1.807, 2.05) is 23.1 Å². The highest BCUT2D eigenvalue weighted by atomic mass is 32.2. The summed E-state index contributed by atoms with van der Waals surface area (Å²) in [6, 6.07) is 31.2. The van der Waals surface area contributed by atoms with Gasteiger partial charge in [-0.25, -0.2) is 0 Å². The van der Waals surface area contributed by atoms with E-state index in [1.165, 1.54) is 68.3 Å². The van der Waals surface area contributed by atoms with Crippen molar-refractivity contribution < 1.29 is 0 Å². The predicted octanol–water partition coefficient (Wildman–Crippen LogP) is 9.22. The topological polar surface area (TPSA) is 4.93 Å². The fourth-order valence-electron chi connectivity index (χ4n) is 6.34. The normalized spacial score (nSPS) is 17.4. The molecule has 40 heavy (non-hydrogen) atoms. The van der Waals surface area contributed by atoms with Gasteiger partial charge in [0.05, 0.1) is 16.7 Å². The highest BCUT2D eigenvalue weighted by Crippen LogP contribution is 2.52. The Bertz CT molecular complexity index is 2130. The fourth-order valence-corrected chi connectivity index (χ4v) is 8.78. The van der Waals surface area contributed by atoms with Crippen molar-refractivity contribution >= 4 is 67.1 Å². The van der Waals surface area contributed by atoms with Crippen molar-refractivity contribution in [1.82, 2.24) is 4.57 Å². The Morgan fingerprint density at radius 3 is 2.42 bits per heavy atom. The predicted molar refractivity (Wildman–Crippen MR) is 175 cm³/mol. The van der Waals surface area contributed by atoms with Crippen LogP contribution in [0.25, 0.3) is 49.7 Å². The first kappa shape index (κ1) is 23.8. The maximum Gasteiger partial charge on any atom is 0.0555 e. The average Bonchev–Trinajstić information content (AvgIpc) is 3.66. The lowest BCUT2D eigenvalue weighted by molar-refractivity contribution is 0.837. The van der Waals surface area contributed by atoms with Crippen molar-refractivity contribution in [3.05, 3.63) is 141 Å². The standard InChI is InChI=1S/C37H27NS2/c1-2-3-20-34-29(23-24-12-10-16-28-27-15-6-9-21-33(27)40-37(24)28)36-32(19-11-22-35(36)39-34)38-30-17-7-4-13-25(30)26-14-5-8-18-31(26)38/h2-14,16-23,27H,15H2,1H3/b3-2-,29-23?,34-20+. The summed E-state index contributed by atoms with van der Waals surface area (Å²) in [6.45, 7) is 2.08. The quantitative estimate of drug-likeness (QED) is 0.213. The van der Waals surface area contributed by atoms with Gasteiger partial charge in [0.25, 0.3) is 0 Å². The lowest BCUT2D eigenvalue weighted by Gasteiger charge is -2.12. The van der Waals surface area contributed by atoms with Crippen molar-refractivity contribution in [3.63, 3.8) is 0 Å². The zero-order valence-corrected chi connectivity index (χ0v) is 23.8. The first-order chi connectivity index (χ1) is 19.8. The summed E-state index contributed by atoms with van der Waals surface area (Å²) in [7, 11) is 0. The van der Waals surface area contributed by atoms with E-state index < -0.39 is 0 Å². The molecule has 3 heterocycles. The molecule has 1 unspecified atom stereocenters. The van der Waals surface area contributed by atoms with E-state index in [4.69, 9.17) is 0 Å². The monoisotopic (exact) mass is 549 g/mol. The third-order valence-electron chi connectivity index (χ3n) is 8.10. The van der Waals surface area contributed by atoms with Gasteiger partial charge in [-0.05, 0) is 65.8 Å². The summed E-state index contributed by atoms with van der Waals surface area (Å²) in [5.41, 5.74) is 6.50. The summed E-state index contributed by atoms with van der Waals surface area (Å²) in [5, 5.41) is 5.19. The molecule has 1 aliphatic carbocycles. The second-order valence-corrected chi connectivity index (χ2v) is 12.6. The van der Waals surface area contributed by atoms with Crippen LogP contribution in [0.1, 0.15) is 30.4 Å². The number of hydrogen-bond acceptors (Lipinski definition) is 2. The number of thioether (sulfide) groups is 1. The van der Waals surface area contributed by atoms with E-state index in [0.29, 0.717) is 5.92 Å². The Kier molecular flexibility index (Phi) is 5.68. The summed E-state index contributed by atoms with van der Waals surface area (Å²) in [4.78, 5) is 2.88. The highest BCUT2D eigenvalue weighted by molar-refractivity contribution is 8.03. The lowest BCUT2D eigenvalue weighted by Crippen LogP contribution is -2.19. The molecule has 1 atom stereocenters. The molecular weight excluding hydrogens is 523 g/mol. The Balaban J connectivity index is 1.47. The molecule has 1 nitrogen and oxygen atoms in total. The van der Waals surface area contributed by atoms with Crippen LogP contribution in [-0.4, -0.2) is 4.57 Å². The zero-order chi connectivity index (χ0) is 26.6. The minimum Gasteiger partial charge on any atom is -0.309 e. The van der Waals surface area contributed by atoms with Gasteiger partial charge in [0.1, 0.15) is 0 Å². The summed E-state index contributed by atoms with van der Waals surface area (Å²) in [6.07, 6.45) is 16.9. The van der Waals surface area contributed by atoms with Crippen LogP contribution in [0.3, 0.4) is 0 Å². The maximum atomic E-state index is 2.46. The SMILES string of the molecule is C/C=C\C=c1\sc2cccc(-n3c4ccccc4c4ccccc43)c2c1=Cc1cccc2c1SC1=CC=CCC12. The Morgan fingerprint density at radius 1 is 0.850 bits per heavy atom.